The van der Waals surface area contributed by atoms with Crippen molar-refractivity contribution in [3.63, 3.8) is 0 Å². The van der Waals surface area contributed by atoms with E-state index in [9.17, 15) is 9.59 Å². The molecule has 0 aliphatic heterocycles. The van der Waals surface area contributed by atoms with Crippen LogP contribution < -0.4 is 0 Å². The monoisotopic (exact) mass is 301 g/mol. The highest BCUT2D eigenvalue weighted by molar-refractivity contribution is 5.92. The van der Waals surface area contributed by atoms with Gasteiger partial charge in [0.2, 0.25) is 0 Å². The maximum Gasteiger partial charge on any atom is 0.355 e. The SMILES string of the molecule is CCOC(=O)Cc1cc(-c2ccccc2)[nH]c1C(=O)OCC. The van der Waals surface area contributed by atoms with Crippen LogP contribution in [0.1, 0.15) is 29.9 Å². The average molecular weight is 301 g/mol. The summed E-state index contributed by atoms with van der Waals surface area (Å²) in [5.41, 5.74) is 2.58. The van der Waals surface area contributed by atoms with Crippen LogP contribution in [0, 0.1) is 0 Å². The van der Waals surface area contributed by atoms with E-state index in [4.69, 9.17) is 9.47 Å². The first-order valence-corrected chi connectivity index (χ1v) is 7.25. The summed E-state index contributed by atoms with van der Waals surface area (Å²) in [6.45, 7) is 4.07. The molecule has 0 unspecified atom stereocenters. The van der Waals surface area contributed by atoms with Crippen molar-refractivity contribution in [3.05, 3.63) is 47.7 Å². The molecule has 0 amide bonds. The number of carbonyl (C=O) groups is 2. The van der Waals surface area contributed by atoms with Crippen molar-refractivity contribution in [1.29, 1.82) is 0 Å². The van der Waals surface area contributed by atoms with Crippen LogP contribution in [0.5, 0.6) is 0 Å². The van der Waals surface area contributed by atoms with E-state index in [1.54, 1.807) is 19.9 Å². The highest BCUT2D eigenvalue weighted by Crippen LogP contribution is 2.23. The topological polar surface area (TPSA) is 68.4 Å². The lowest BCUT2D eigenvalue weighted by Gasteiger charge is -2.03. The molecule has 0 aliphatic carbocycles. The fourth-order valence-corrected chi connectivity index (χ4v) is 2.16. The number of aromatic nitrogens is 1. The van der Waals surface area contributed by atoms with Crippen molar-refractivity contribution in [3.8, 4) is 11.3 Å². The van der Waals surface area contributed by atoms with Gasteiger partial charge in [-0.25, -0.2) is 4.79 Å². The zero-order chi connectivity index (χ0) is 15.9. The Morgan fingerprint density at radius 2 is 1.73 bits per heavy atom. The molecule has 0 bridgehead atoms. The van der Waals surface area contributed by atoms with Gasteiger partial charge in [0, 0.05) is 5.69 Å². The fraction of sp³-hybridized carbons (Fsp3) is 0.294. The first-order valence-electron chi connectivity index (χ1n) is 7.25. The molecule has 0 fully saturated rings. The predicted octanol–water partition coefficient (Wildman–Crippen LogP) is 2.96. The Balaban J connectivity index is 2.34. The molecule has 0 saturated carbocycles. The summed E-state index contributed by atoms with van der Waals surface area (Å²) in [4.78, 5) is 26.8. The van der Waals surface area contributed by atoms with E-state index in [-0.39, 0.29) is 19.0 Å². The molecule has 2 rings (SSSR count). The molecule has 0 atom stereocenters. The maximum absolute atomic E-state index is 12.0. The molecular weight excluding hydrogens is 282 g/mol. The van der Waals surface area contributed by atoms with E-state index in [0.29, 0.717) is 17.9 Å². The van der Waals surface area contributed by atoms with Gasteiger partial charge in [-0.1, -0.05) is 30.3 Å². The molecule has 1 heterocycles. The number of hydrogen-bond donors (Lipinski definition) is 1. The zero-order valence-electron chi connectivity index (χ0n) is 12.7. The minimum absolute atomic E-state index is 0.0331. The number of nitrogens with one attached hydrogen (secondary N) is 1. The molecule has 1 aromatic heterocycles. The summed E-state index contributed by atoms with van der Waals surface area (Å²) in [6.07, 6.45) is 0.0331. The molecule has 22 heavy (non-hydrogen) atoms. The van der Waals surface area contributed by atoms with Crippen molar-refractivity contribution in [2.45, 2.75) is 20.3 Å². The lowest BCUT2D eigenvalue weighted by Crippen LogP contribution is -2.12. The molecular formula is C17H19NO4. The van der Waals surface area contributed by atoms with Crippen molar-refractivity contribution in [2.24, 2.45) is 0 Å². The van der Waals surface area contributed by atoms with E-state index in [1.165, 1.54) is 0 Å². The Morgan fingerprint density at radius 1 is 1.05 bits per heavy atom. The van der Waals surface area contributed by atoms with Crippen LogP contribution in [-0.2, 0) is 20.7 Å². The Labute approximate surface area is 129 Å². The number of aromatic amines is 1. The molecule has 5 heteroatoms. The van der Waals surface area contributed by atoms with E-state index in [1.807, 2.05) is 30.3 Å². The number of hydrogen-bond acceptors (Lipinski definition) is 4. The largest absolute Gasteiger partial charge is 0.466 e. The highest BCUT2D eigenvalue weighted by Gasteiger charge is 2.19. The van der Waals surface area contributed by atoms with Crippen LogP contribution in [-0.4, -0.2) is 30.1 Å². The molecule has 0 spiro atoms. The lowest BCUT2D eigenvalue weighted by molar-refractivity contribution is -0.142. The molecule has 0 saturated heterocycles. The highest BCUT2D eigenvalue weighted by atomic mass is 16.5. The van der Waals surface area contributed by atoms with Gasteiger partial charge in [-0.05, 0) is 31.0 Å². The molecule has 1 aromatic carbocycles. The van der Waals surface area contributed by atoms with Gasteiger partial charge in [0.1, 0.15) is 5.69 Å². The van der Waals surface area contributed by atoms with Gasteiger partial charge in [0.15, 0.2) is 0 Å². The smallest absolute Gasteiger partial charge is 0.355 e. The van der Waals surface area contributed by atoms with E-state index in [2.05, 4.69) is 4.98 Å². The van der Waals surface area contributed by atoms with E-state index < -0.39 is 5.97 Å². The second-order valence-corrected chi connectivity index (χ2v) is 4.65. The van der Waals surface area contributed by atoms with E-state index in [0.717, 1.165) is 11.3 Å². The van der Waals surface area contributed by atoms with E-state index >= 15 is 0 Å². The van der Waals surface area contributed by atoms with Gasteiger partial charge in [0.25, 0.3) is 0 Å². The van der Waals surface area contributed by atoms with Crippen LogP contribution in [0.4, 0.5) is 0 Å². The zero-order valence-corrected chi connectivity index (χ0v) is 12.7. The van der Waals surface area contributed by atoms with Crippen LogP contribution in [0.3, 0.4) is 0 Å². The number of ether oxygens (including phenoxy) is 2. The number of esters is 2. The van der Waals surface area contributed by atoms with Crippen LogP contribution >= 0.6 is 0 Å². The number of H-pyrrole nitrogens is 1. The second-order valence-electron chi connectivity index (χ2n) is 4.65. The van der Waals surface area contributed by atoms with Crippen molar-refractivity contribution >= 4 is 11.9 Å². The molecule has 2 aromatic rings. The normalized spacial score (nSPS) is 10.3. The van der Waals surface area contributed by atoms with Crippen molar-refractivity contribution < 1.29 is 19.1 Å². The minimum Gasteiger partial charge on any atom is -0.466 e. The van der Waals surface area contributed by atoms with Gasteiger partial charge in [-0.2, -0.15) is 0 Å². The average Bonchev–Trinajstić information content (AvgIpc) is 2.92. The van der Waals surface area contributed by atoms with Crippen LogP contribution in [0.2, 0.25) is 0 Å². The van der Waals surface area contributed by atoms with Gasteiger partial charge >= 0.3 is 11.9 Å². The van der Waals surface area contributed by atoms with Crippen molar-refractivity contribution in [1.82, 2.24) is 4.98 Å². The lowest BCUT2D eigenvalue weighted by atomic mass is 10.1. The van der Waals surface area contributed by atoms with Gasteiger partial charge in [-0.15, -0.1) is 0 Å². The Kier molecular flexibility index (Phi) is 5.36. The second kappa shape index (κ2) is 7.45. The summed E-state index contributed by atoms with van der Waals surface area (Å²) >= 11 is 0. The number of benzene rings is 1. The summed E-state index contributed by atoms with van der Waals surface area (Å²) in [6, 6.07) is 11.4. The summed E-state index contributed by atoms with van der Waals surface area (Å²) in [5.74, 6) is -0.837. The molecule has 1 N–H and O–H groups in total. The van der Waals surface area contributed by atoms with Gasteiger partial charge < -0.3 is 14.5 Å². The summed E-state index contributed by atoms with van der Waals surface area (Å²) in [7, 11) is 0. The number of rotatable bonds is 6. The third-order valence-electron chi connectivity index (χ3n) is 3.10. The van der Waals surface area contributed by atoms with Crippen LogP contribution in [0.15, 0.2) is 36.4 Å². The number of carbonyl (C=O) groups excluding carboxylic acids is 2. The summed E-state index contributed by atoms with van der Waals surface area (Å²) in [5, 5.41) is 0. The molecule has 0 aliphatic rings. The summed E-state index contributed by atoms with van der Waals surface area (Å²) < 4.78 is 9.99. The predicted molar refractivity (Wildman–Crippen MR) is 82.5 cm³/mol. The Hall–Kier alpha value is -2.56. The van der Waals surface area contributed by atoms with Crippen molar-refractivity contribution in [2.75, 3.05) is 13.2 Å². The molecule has 0 radical (unpaired) electrons. The van der Waals surface area contributed by atoms with Gasteiger partial charge in [-0.3, -0.25) is 4.79 Å². The standard InChI is InChI=1S/C17H19NO4/c1-3-21-15(19)11-13-10-14(12-8-6-5-7-9-12)18-16(13)17(20)22-4-2/h5-10,18H,3-4,11H2,1-2H3. The fourth-order valence-electron chi connectivity index (χ4n) is 2.16. The maximum atomic E-state index is 12.0. The quantitative estimate of drug-likeness (QED) is 0.833. The minimum atomic E-state index is -0.469. The third kappa shape index (κ3) is 3.75. The molecule has 116 valence electrons. The first kappa shape index (κ1) is 15.8. The van der Waals surface area contributed by atoms with Crippen LogP contribution in [0.25, 0.3) is 11.3 Å². The van der Waals surface area contributed by atoms with Gasteiger partial charge in [0.05, 0.1) is 19.6 Å². The Morgan fingerprint density at radius 3 is 2.36 bits per heavy atom. The Bertz CT molecular complexity index is 646. The first-order chi connectivity index (χ1) is 10.7. The molecule has 5 nitrogen and oxygen atoms in total. The third-order valence-corrected chi connectivity index (χ3v) is 3.10.